The van der Waals surface area contributed by atoms with Crippen LogP contribution in [0.3, 0.4) is 0 Å². The van der Waals surface area contributed by atoms with Crippen LogP contribution in [0.25, 0.3) is 0 Å². The largest absolute Gasteiger partial charge is 0.462 e. The molecule has 0 aromatic heterocycles. The Kier molecular flexibility index (Phi) is 39.0. The summed E-state index contributed by atoms with van der Waals surface area (Å²) in [4.78, 5) is 42.0. The van der Waals surface area contributed by atoms with Crippen LogP contribution in [-0.4, -0.2) is 79.2 Å². The zero-order valence-corrected chi connectivity index (χ0v) is 36.4. The van der Waals surface area contributed by atoms with E-state index in [9.17, 15) is 14.4 Å². The average molecular weight is 767 g/mol. The van der Waals surface area contributed by atoms with Gasteiger partial charge >= 0.3 is 11.9 Å². The van der Waals surface area contributed by atoms with Gasteiger partial charge in [0.1, 0.15) is 12.7 Å². The minimum atomic E-state index is -0.104. The maximum absolute atomic E-state index is 13.1. The van der Waals surface area contributed by atoms with Crippen molar-refractivity contribution in [3.63, 3.8) is 0 Å². The van der Waals surface area contributed by atoms with E-state index in [-0.39, 0.29) is 23.3 Å². The fourth-order valence-corrected chi connectivity index (χ4v) is 7.45. The van der Waals surface area contributed by atoms with Crippen molar-refractivity contribution in [2.24, 2.45) is 0 Å². The van der Waals surface area contributed by atoms with Crippen LogP contribution in [-0.2, 0) is 19.1 Å². The van der Waals surface area contributed by atoms with E-state index in [1.165, 1.54) is 88.8 Å². The molecule has 0 aromatic rings. The van der Waals surface area contributed by atoms with Crippen LogP contribution in [0.15, 0.2) is 12.2 Å². The summed E-state index contributed by atoms with van der Waals surface area (Å²) >= 11 is 1.44. The van der Waals surface area contributed by atoms with Gasteiger partial charge in [0.25, 0.3) is 5.24 Å². The zero-order valence-electron chi connectivity index (χ0n) is 35.6. The number of unbranched alkanes of at least 4 members (excludes halogenated alkanes) is 20. The normalized spacial score (nSPS) is 11.6. The number of hydrogen-bond donors (Lipinski definition) is 0. The molecule has 0 spiro atoms. The van der Waals surface area contributed by atoms with Crippen LogP contribution < -0.4 is 0 Å². The molecule has 0 heterocycles. The number of allylic oxidation sites excluding steroid dienone is 1. The van der Waals surface area contributed by atoms with E-state index in [1.807, 2.05) is 20.2 Å². The lowest BCUT2D eigenvalue weighted by atomic mass is 10.0. The van der Waals surface area contributed by atoms with Gasteiger partial charge in [-0.25, -0.2) is 0 Å². The lowest BCUT2D eigenvalue weighted by Gasteiger charge is -2.22. The molecule has 0 saturated carbocycles. The van der Waals surface area contributed by atoms with E-state index < -0.39 is 0 Å². The summed E-state index contributed by atoms with van der Waals surface area (Å²) in [6.07, 6.45) is 35.9. The number of nitrogens with zero attached hydrogens (tertiary/aromatic N) is 2. The quantitative estimate of drug-likeness (QED) is 0.0350. The number of carbonyl (C=O) groups excluding carboxylic acids is 3. The SMILES string of the molecule is CCCCCC/C=C\COC(=O)CCCCCCCN(CCCCCCCC(=O)OC(CCCCCCC)CCCCCCC)C(=O)SCCN(C)C. The van der Waals surface area contributed by atoms with Crippen LogP contribution in [0.4, 0.5) is 4.79 Å². The van der Waals surface area contributed by atoms with E-state index in [0.29, 0.717) is 19.4 Å². The van der Waals surface area contributed by atoms with Gasteiger partial charge in [-0.05, 0) is 78.3 Å². The van der Waals surface area contributed by atoms with Crippen molar-refractivity contribution in [3.8, 4) is 0 Å². The van der Waals surface area contributed by atoms with Gasteiger partial charge in [0, 0.05) is 38.2 Å². The van der Waals surface area contributed by atoms with Gasteiger partial charge in [0.2, 0.25) is 0 Å². The minimum absolute atomic E-state index is 0.0141. The van der Waals surface area contributed by atoms with Crippen molar-refractivity contribution in [2.75, 3.05) is 46.1 Å². The monoisotopic (exact) mass is 767 g/mol. The standard InChI is InChI=1S/C45H86N2O5S/c1-6-9-12-15-16-25-32-40-51-43(48)35-28-21-17-23-30-37-47(45(50)53-41-39-46(4)5)38-31-24-18-22-29-36-44(49)52-42(33-26-19-13-10-7-2)34-27-20-14-11-8-3/h25,32,42H,6-24,26-31,33-41H2,1-5H3/b32-25-. The van der Waals surface area contributed by atoms with Crippen molar-refractivity contribution in [3.05, 3.63) is 12.2 Å². The number of ether oxygens (including phenoxy) is 2. The maximum atomic E-state index is 13.1. The van der Waals surface area contributed by atoms with Gasteiger partial charge in [0.15, 0.2) is 0 Å². The third kappa shape index (κ3) is 37.2. The third-order valence-corrected chi connectivity index (χ3v) is 10.8. The zero-order chi connectivity index (χ0) is 39.0. The molecule has 0 unspecified atom stereocenters. The van der Waals surface area contributed by atoms with Gasteiger partial charge in [-0.15, -0.1) is 0 Å². The fraction of sp³-hybridized carbons (Fsp3) is 0.889. The van der Waals surface area contributed by atoms with Crippen LogP contribution in [0.2, 0.25) is 0 Å². The molecule has 312 valence electrons. The first kappa shape index (κ1) is 51.5. The van der Waals surface area contributed by atoms with E-state index in [4.69, 9.17) is 9.47 Å². The first-order valence-electron chi connectivity index (χ1n) is 22.4. The number of carbonyl (C=O) groups is 3. The molecule has 0 aromatic carbocycles. The summed E-state index contributed by atoms with van der Waals surface area (Å²) in [5.41, 5.74) is 0. The summed E-state index contributed by atoms with van der Waals surface area (Å²) in [6, 6.07) is 0. The highest BCUT2D eigenvalue weighted by atomic mass is 32.2. The predicted molar refractivity (Wildman–Crippen MR) is 229 cm³/mol. The molecule has 0 radical (unpaired) electrons. The highest BCUT2D eigenvalue weighted by molar-refractivity contribution is 8.13. The molecule has 0 atom stereocenters. The molecule has 0 rings (SSSR count). The summed E-state index contributed by atoms with van der Waals surface area (Å²) in [5, 5.41) is 0.192. The Morgan fingerprint density at radius 2 is 1.02 bits per heavy atom. The Bertz CT molecular complexity index is 854. The molecule has 0 fully saturated rings. The van der Waals surface area contributed by atoms with Crippen LogP contribution in [0.5, 0.6) is 0 Å². The number of rotatable bonds is 39. The van der Waals surface area contributed by atoms with Crippen LogP contribution in [0.1, 0.15) is 207 Å². The van der Waals surface area contributed by atoms with Gasteiger partial charge in [-0.3, -0.25) is 14.4 Å². The van der Waals surface area contributed by atoms with Gasteiger partial charge < -0.3 is 19.3 Å². The first-order valence-corrected chi connectivity index (χ1v) is 23.4. The van der Waals surface area contributed by atoms with Crippen LogP contribution in [0, 0.1) is 0 Å². The molecular formula is C45H86N2O5S. The summed E-state index contributed by atoms with van der Waals surface area (Å²) < 4.78 is 11.3. The summed E-state index contributed by atoms with van der Waals surface area (Å²) in [5.74, 6) is 0.689. The first-order chi connectivity index (χ1) is 25.8. The molecule has 0 aliphatic rings. The Hall–Kier alpha value is -1.54. The fourth-order valence-electron chi connectivity index (χ4n) is 6.45. The number of esters is 2. The van der Waals surface area contributed by atoms with E-state index >= 15 is 0 Å². The van der Waals surface area contributed by atoms with Gasteiger partial charge in [0.05, 0.1) is 0 Å². The number of thioether (sulfide) groups is 1. The van der Waals surface area contributed by atoms with Gasteiger partial charge in [-0.2, -0.15) is 0 Å². The molecule has 0 saturated heterocycles. The highest BCUT2D eigenvalue weighted by Gasteiger charge is 2.16. The Morgan fingerprint density at radius 1 is 0.547 bits per heavy atom. The van der Waals surface area contributed by atoms with E-state index in [1.54, 1.807) is 0 Å². The number of amides is 1. The lowest BCUT2D eigenvalue weighted by molar-refractivity contribution is -0.150. The summed E-state index contributed by atoms with van der Waals surface area (Å²) in [7, 11) is 4.08. The van der Waals surface area contributed by atoms with Crippen molar-refractivity contribution in [1.82, 2.24) is 9.80 Å². The maximum Gasteiger partial charge on any atom is 0.306 e. The third-order valence-electron chi connectivity index (χ3n) is 9.93. The highest BCUT2D eigenvalue weighted by Crippen LogP contribution is 2.19. The molecule has 1 amide bonds. The van der Waals surface area contributed by atoms with Crippen molar-refractivity contribution >= 4 is 28.9 Å². The molecule has 8 heteroatoms. The van der Waals surface area contributed by atoms with E-state index in [0.717, 1.165) is 122 Å². The average Bonchev–Trinajstić information content (AvgIpc) is 3.13. The smallest absolute Gasteiger partial charge is 0.306 e. The molecule has 0 aliphatic heterocycles. The van der Waals surface area contributed by atoms with E-state index in [2.05, 4.69) is 36.6 Å². The molecular weight excluding hydrogens is 681 g/mol. The second kappa shape index (κ2) is 40.1. The Balaban J connectivity index is 4.34. The van der Waals surface area contributed by atoms with Gasteiger partial charge in [-0.1, -0.05) is 154 Å². The van der Waals surface area contributed by atoms with Crippen molar-refractivity contribution in [1.29, 1.82) is 0 Å². The molecule has 0 aliphatic carbocycles. The topological polar surface area (TPSA) is 76.1 Å². The van der Waals surface area contributed by atoms with Crippen LogP contribution >= 0.6 is 11.8 Å². The minimum Gasteiger partial charge on any atom is -0.462 e. The number of hydrogen-bond acceptors (Lipinski definition) is 7. The second-order valence-corrected chi connectivity index (χ2v) is 16.5. The lowest BCUT2D eigenvalue weighted by Crippen LogP contribution is -2.30. The Morgan fingerprint density at radius 3 is 1.57 bits per heavy atom. The molecule has 7 nitrogen and oxygen atoms in total. The second-order valence-electron chi connectivity index (χ2n) is 15.5. The molecule has 0 N–H and O–H groups in total. The molecule has 0 bridgehead atoms. The van der Waals surface area contributed by atoms with Crippen molar-refractivity contribution < 1.29 is 23.9 Å². The Labute approximate surface area is 332 Å². The van der Waals surface area contributed by atoms with Crippen molar-refractivity contribution in [2.45, 2.75) is 213 Å². The summed E-state index contributed by atoms with van der Waals surface area (Å²) in [6.45, 7) is 9.58. The predicted octanol–water partition coefficient (Wildman–Crippen LogP) is 13.1. The molecule has 53 heavy (non-hydrogen) atoms.